The summed E-state index contributed by atoms with van der Waals surface area (Å²) in [6.45, 7) is 0.947. The van der Waals surface area contributed by atoms with E-state index in [-0.39, 0.29) is 13.2 Å². The van der Waals surface area contributed by atoms with Gasteiger partial charge in [-0.25, -0.2) is 9.59 Å². The zero-order chi connectivity index (χ0) is 25.0. The molecule has 0 radical (unpaired) electrons. The highest BCUT2D eigenvalue weighted by molar-refractivity contribution is 5.96. The summed E-state index contributed by atoms with van der Waals surface area (Å²) in [6, 6.07) is 7.24. The molecule has 1 aromatic rings. The lowest BCUT2D eigenvalue weighted by Crippen LogP contribution is -2.51. The molecule has 0 saturated carbocycles. The van der Waals surface area contributed by atoms with E-state index in [1.807, 2.05) is 6.07 Å². The fraction of sp³-hybridized carbons (Fsp3) is 0.476. The topological polar surface area (TPSA) is 178 Å². The molecule has 4 N–H and O–H groups in total. The number of hydrogen-bond acceptors (Lipinski definition) is 9. The first kappa shape index (κ1) is 27.4. The van der Waals surface area contributed by atoms with Crippen LogP contribution in [0.25, 0.3) is 0 Å². The number of aliphatic carboxylic acids is 1. The van der Waals surface area contributed by atoms with Crippen LogP contribution in [0, 0.1) is 11.8 Å². The van der Waals surface area contributed by atoms with Crippen LogP contribution in [0.2, 0.25) is 0 Å². The summed E-state index contributed by atoms with van der Waals surface area (Å²) in [5.74, 6) is -7.25. The zero-order valence-electron chi connectivity index (χ0n) is 18.5. The average Bonchev–Trinajstić information content (AvgIpc) is 2.79. The standard InChI is InChI=1S/C21H28N2O10/c1-12(16(19(28)31-2)20(29)32-3)17(18(26)27)23-15(25)9-14(24)10-22-21(30)33-11-13-7-5-4-6-8-13/h4-8,12,14,16-17,24H,9-11H2,1-3H3,(H,22,30)(H,23,25)(H,26,27)/t12-,14-,17+/m0/s1. The smallest absolute Gasteiger partial charge is 0.407 e. The first-order valence-electron chi connectivity index (χ1n) is 9.91. The van der Waals surface area contributed by atoms with Gasteiger partial charge in [0.1, 0.15) is 12.6 Å². The Bertz CT molecular complexity index is 814. The summed E-state index contributed by atoms with van der Waals surface area (Å²) < 4.78 is 14.0. The number of nitrogens with one attached hydrogen (secondary N) is 2. The van der Waals surface area contributed by atoms with Gasteiger partial charge in [0.2, 0.25) is 5.91 Å². The number of alkyl carbamates (subject to hydrolysis) is 1. The Labute approximate surface area is 190 Å². The maximum absolute atomic E-state index is 12.2. The SMILES string of the molecule is COC(=O)C(C(=O)OC)[C@H](C)[C@@H](NC(=O)C[C@H](O)CNC(=O)OCc1ccccc1)C(=O)O. The van der Waals surface area contributed by atoms with Gasteiger partial charge in [-0.05, 0) is 5.56 Å². The quantitative estimate of drug-likeness (QED) is 0.183. The third kappa shape index (κ3) is 9.15. The summed E-state index contributed by atoms with van der Waals surface area (Å²) in [5, 5.41) is 23.9. The van der Waals surface area contributed by atoms with Crippen molar-refractivity contribution < 1.29 is 48.4 Å². The molecule has 0 spiro atoms. The number of rotatable bonds is 12. The van der Waals surface area contributed by atoms with Gasteiger partial charge in [-0.1, -0.05) is 37.3 Å². The van der Waals surface area contributed by atoms with Crippen LogP contribution < -0.4 is 10.6 Å². The lowest BCUT2D eigenvalue weighted by Gasteiger charge is -2.26. The molecule has 12 nitrogen and oxygen atoms in total. The van der Waals surface area contributed by atoms with Crippen LogP contribution in [0.3, 0.4) is 0 Å². The molecule has 33 heavy (non-hydrogen) atoms. The van der Waals surface area contributed by atoms with Gasteiger partial charge in [0.15, 0.2) is 5.92 Å². The molecule has 0 bridgehead atoms. The summed E-state index contributed by atoms with van der Waals surface area (Å²) in [6.07, 6.45) is -2.72. The van der Waals surface area contributed by atoms with E-state index in [2.05, 4.69) is 20.1 Å². The molecular formula is C21H28N2O10. The van der Waals surface area contributed by atoms with Crippen LogP contribution in [0.1, 0.15) is 18.9 Å². The van der Waals surface area contributed by atoms with Gasteiger partial charge in [0, 0.05) is 12.5 Å². The fourth-order valence-corrected chi connectivity index (χ4v) is 2.88. The lowest BCUT2D eigenvalue weighted by molar-refractivity contribution is -0.163. The van der Waals surface area contributed by atoms with Gasteiger partial charge in [0.05, 0.1) is 26.7 Å². The van der Waals surface area contributed by atoms with E-state index >= 15 is 0 Å². The number of ether oxygens (including phenoxy) is 3. The number of carboxylic acid groups (broad SMARTS) is 1. The minimum Gasteiger partial charge on any atom is -0.480 e. The highest BCUT2D eigenvalue weighted by Crippen LogP contribution is 2.20. The second kappa shape index (κ2) is 13.7. The number of aliphatic hydroxyl groups is 1. The number of carbonyl (C=O) groups excluding carboxylic acids is 4. The van der Waals surface area contributed by atoms with E-state index in [1.54, 1.807) is 24.3 Å². The molecule has 1 rings (SSSR count). The largest absolute Gasteiger partial charge is 0.480 e. The Balaban J connectivity index is 2.59. The van der Waals surface area contributed by atoms with Gasteiger partial charge >= 0.3 is 24.0 Å². The number of aliphatic hydroxyl groups excluding tert-OH is 1. The highest BCUT2D eigenvalue weighted by Gasteiger charge is 2.42. The summed E-state index contributed by atoms with van der Waals surface area (Å²) in [7, 11) is 2.04. The molecular weight excluding hydrogens is 440 g/mol. The third-order valence-electron chi connectivity index (χ3n) is 4.66. The number of amides is 2. The molecule has 0 aliphatic carbocycles. The molecule has 0 heterocycles. The van der Waals surface area contributed by atoms with Crippen LogP contribution in [-0.4, -0.2) is 73.0 Å². The van der Waals surface area contributed by atoms with E-state index < -0.39 is 60.3 Å². The number of hydrogen-bond donors (Lipinski definition) is 4. The van der Waals surface area contributed by atoms with E-state index in [0.717, 1.165) is 19.8 Å². The molecule has 0 aliphatic rings. The first-order valence-corrected chi connectivity index (χ1v) is 9.91. The van der Waals surface area contributed by atoms with Crippen molar-refractivity contribution in [2.45, 2.75) is 32.1 Å². The molecule has 1 aromatic carbocycles. The lowest BCUT2D eigenvalue weighted by atomic mass is 9.87. The molecule has 0 aromatic heterocycles. The number of benzene rings is 1. The van der Waals surface area contributed by atoms with Gasteiger partial charge in [0.25, 0.3) is 0 Å². The van der Waals surface area contributed by atoms with Crippen LogP contribution in [0.5, 0.6) is 0 Å². The van der Waals surface area contributed by atoms with E-state index in [9.17, 15) is 34.2 Å². The number of carbonyl (C=O) groups is 5. The van der Waals surface area contributed by atoms with Crippen LogP contribution in [0.15, 0.2) is 30.3 Å². The molecule has 0 saturated heterocycles. The summed E-state index contributed by atoms with van der Waals surface area (Å²) in [5.41, 5.74) is 0.763. The Morgan fingerprint density at radius 2 is 1.58 bits per heavy atom. The zero-order valence-corrected chi connectivity index (χ0v) is 18.5. The normalized spacial score (nSPS) is 13.2. The van der Waals surface area contributed by atoms with Crippen molar-refractivity contribution in [3.05, 3.63) is 35.9 Å². The van der Waals surface area contributed by atoms with Crippen LogP contribution >= 0.6 is 0 Å². The fourth-order valence-electron chi connectivity index (χ4n) is 2.88. The van der Waals surface area contributed by atoms with Crippen molar-refractivity contribution in [2.24, 2.45) is 11.8 Å². The average molecular weight is 468 g/mol. The van der Waals surface area contributed by atoms with Crippen molar-refractivity contribution >= 4 is 29.9 Å². The minimum atomic E-state index is -1.66. The second-order valence-electron chi connectivity index (χ2n) is 7.07. The molecule has 182 valence electrons. The van der Waals surface area contributed by atoms with E-state index in [0.29, 0.717) is 0 Å². The number of methoxy groups -OCH3 is 2. The maximum Gasteiger partial charge on any atom is 0.407 e. The Hall–Kier alpha value is -3.67. The van der Waals surface area contributed by atoms with Crippen LogP contribution in [-0.2, 0) is 40.0 Å². The number of carboxylic acids is 1. The monoisotopic (exact) mass is 468 g/mol. The van der Waals surface area contributed by atoms with E-state index in [4.69, 9.17) is 4.74 Å². The summed E-state index contributed by atoms with van der Waals surface area (Å²) in [4.78, 5) is 59.4. The Kier molecular flexibility index (Phi) is 11.3. The number of esters is 2. The maximum atomic E-state index is 12.2. The summed E-state index contributed by atoms with van der Waals surface area (Å²) >= 11 is 0. The highest BCUT2D eigenvalue weighted by atomic mass is 16.6. The van der Waals surface area contributed by atoms with Crippen molar-refractivity contribution in [1.82, 2.24) is 10.6 Å². The van der Waals surface area contributed by atoms with Gasteiger partial charge < -0.3 is 35.1 Å². The molecule has 12 heteroatoms. The predicted molar refractivity (Wildman–Crippen MR) is 112 cm³/mol. The molecule has 0 aliphatic heterocycles. The third-order valence-corrected chi connectivity index (χ3v) is 4.66. The van der Waals surface area contributed by atoms with Gasteiger partial charge in [-0.2, -0.15) is 0 Å². The Morgan fingerprint density at radius 3 is 2.09 bits per heavy atom. The van der Waals surface area contributed by atoms with Gasteiger partial charge in [-0.15, -0.1) is 0 Å². The Morgan fingerprint density at radius 1 is 1.00 bits per heavy atom. The van der Waals surface area contributed by atoms with E-state index in [1.165, 1.54) is 6.92 Å². The van der Waals surface area contributed by atoms with Crippen molar-refractivity contribution in [1.29, 1.82) is 0 Å². The first-order chi connectivity index (χ1) is 15.6. The second-order valence-corrected chi connectivity index (χ2v) is 7.07. The predicted octanol–water partition coefficient (Wildman–Crippen LogP) is -0.168. The molecule has 3 atom stereocenters. The van der Waals surface area contributed by atoms with Crippen LogP contribution in [0.4, 0.5) is 4.79 Å². The molecule has 0 unspecified atom stereocenters. The molecule has 2 amide bonds. The minimum absolute atomic E-state index is 0.0169. The van der Waals surface area contributed by atoms with Gasteiger partial charge in [-0.3, -0.25) is 14.4 Å². The van der Waals surface area contributed by atoms with Crippen molar-refractivity contribution in [3.8, 4) is 0 Å². The molecule has 0 fully saturated rings. The van der Waals surface area contributed by atoms with Crippen molar-refractivity contribution in [3.63, 3.8) is 0 Å². The van der Waals surface area contributed by atoms with Crippen molar-refractivity contribution in [2.75, 3.05) is 20.8 Å².